The van der Waals surface area contributed by atoms with Crippen LogP contribution < -0.4 is 0 Å². The van der Waals surface area contributed by atoms with Crippen LogP contribution in [0.25, 0.3) is 21.9 Å². The molecule has 120 valence electrons. The average molecular weight is 330 g/mol. The minimum Gasteiger partial charge on any atom is -0.360 e. The predicted octanol–water partition coefficient (Wildman–Crippen LogP) is 2.25. The topological polar surface area (TPSA) is 79.0 Å². The fourth-order valence-corrected chi connectivity index (χ4v) is 4.43. The highest BCUT2D eigenvalue weighted by Crippen LogP contribution is 2.34. The first-order valence-corrected chi connectivity index (χ1v) is 9.55. The number of hydrogen-bond acceptors (Lipinski definition) is 4. The molecule has 0 saturated carbocycles. The minimum absolute atomic E-state index is 0.191. The lowest BCUT2D eigenvalue weighted by Gasteiger charge is -2.31. The van der Waals surface area contributed by atoms with Gasteiger partial charge in [0.15, 0.2) is 5.65 Å². The van der Waals surface area contributed by atoms with E-state index in [1.54, 1.807) is 16.7 Å². The Bertz CT molecular complexity index is 980. The molecule has 1 aliphatic rings. The van der Waals surface area contributed by atoms with E-state index in [1.807, 2.05) is 12.3 Å². The van der Waals surface area contributed by atoms with Gasteiger partial charge in [0, 0.05) is 36.3 Å². The second-order valence-electron chi connectivity index (χ2n) is 6.12. The van der Waals surface area contributed by atoms with E-state index < -0.39 is 10.0 Å². The van der Waals surface area contributed by atoms with Gasteiger partial charge in [-0.2, -0.15) is 0 Å². The van der Waals surface area contributed by atoms with Crippen LogP contribution in [-0.4, -0.2) is 47.0 Å². The van der Waals surface area contributed by atoms with Gasteiger partial charge in [0.1, 0.15) is 0 Å². The zero-order valence-corrected chi connectivity index (χ0v) is 13.7. The molecule has 4 heterocycles. The molecule has 0 radical (unpaired) electrons. The van der Waals surface area contributed by atoms with Crippen molar-refractivity contribution in [3.05, 3.63) is 36.3 Å². The van der Waals surface area contributed by atoms with Crippen molar-refractivity contribution in [3.8, 4) is 0 Å². The summed E-state index contributed by atoms with van der Waals surface area (Å²) in [6.45, 7) is 1.15. The molecule has 23 heavy (non-hydrogen) atoms. The van der Waals surface area contributed by atoms with Crippen LogP contribution in [0.1, 0.15) is 24.3 Å². The number of pyridine rings is 2. The summed E-state index contributed by atoms with van der Waals surface area (Å²) in [4.78, 5) is 11.9. The van der Waals surface area contributed by atoms with Crippen molar-refractivity contribution >= 4 is 32.0 Å². The summed E-state index contributed by atoms with van der Waals surface area (Å²) in [5, 5.41) is 2.13. The fraction of sp³-hybridized carbons (Fsp3) is 0.375. The van der Waals surface area contributed by atoms with Crippen molar-refractivity contribution in [2.75, 3.05) is 19.3 Å². The zero-order chi connectivity index (χ0) is 16.0. The van der Waals surface area contributed by atoms with E-state index in [-0.39, 0.29) is 5.92 Å². The molecule has 0 aromatic carbocycles. The van der Waals surface area contributed by atoms with Crippen molar-refractivity contribution in [2.24, 2.45) is 0 Å². The van der Waals surface area contributed by atoms with Crippen LogP contribution in [-0.2, 0) is 10.0 Å². The molecule has 0 unspecified atom stereocenters. The normalized spacial score (nSPS) is 20.3. The van der Waals surface area contributed by atoms with E-state index in [0.29, 0.717) is 13.1 Å². The molecule has 6 nitrogen and oxygen atoms in total. The van der Waals surface area contributed by atoms with Crippen molar-refractivity contribution in [2.45, 2.75) is 18.8 Å². The van der Waals surface area contributed by atoms with E-state index in [2.05, 4.69) is 21.0 Å². The quantitative estimate of drug-likeness (QED) is 0.781. The standard InChI is InChI=1S/C16H18N4O2S/c1-23(21,22)20-8-2-3-11(10-20)12-4-6-17-14-9-19-16-13(15(12)14)5-7-18-16/h4-7,9,11,17H,2-3,8,10H2,1H3/t11-/m1/s1. The van der Waals surface area contributed by atoms with E-state index in [0.717, 1.165) is 34.8 Å². The number of fused-ring (bicyclic) bond motifs is 3. The number of sulfonamides is 1. The van der Waals surface area contributed by atoms with E-state index in [4.69, 9.17) is 0 Å². The molecule has 4 rings (SSSR count). The van der Waals surface area contributed by atoms with Gasteiger partial charge >= 0.3 is 0 Å². The van der Waals surface area contributed by atoms with Gasteiger partial charge in [0.2, 0.25) is 10.0 Å². The van der Waals surface area contributed by atoms with E-state index >= 15 is 0 Å². The minimum atomic E-state index is -3.15. The number of nitrogens with zero attached hydrogens (tertiary/aromatic N) is 3. The maximum Gasteiger partial charge on any atom is 0.211 e. The number of aromatic amines is 1. The Morgan fingerprint density at radius 2 is 2.17 bits per heavy atom. The molecule has 1 aliphatic heterocycles. The first-order chi connectivity index (χ1) is 11.0. The fourth-order valence-electron chi connectivity index (χ4n) is 3.52. The smallest absolute Gasteiger partial charge is 0.211 e. The molecule has 0 spiro atoms. The lowest BCUT2D eigenvalue weighted by molar-refractivity contribution is 0.318. The van der Waals surface area contributed by atoms with Crippen LogP contribution in [0.3, 0.4) is 0 Å². The van der Waals surface area contributed by atoms with Crippen molar-refractivity contribution in [3.63, 3.8) is 0 Å². The van der Waals surface area contributed by atoms with Gasteiger partial charge in [-0.3, -0.25) is 0 Å². The Morgan fingerprint density at radius 1 is 1.30 bits per heavy atom. The van der Waals surface area contributed by atoms with Gasteiger partial charge in [-0.05, 0) is 36.5 Å². The molecule has 1 saturated heterocycles. The Kier molecular flexibility index (Phi) is 3.35. The third-order valence-electron chi connectivity index (χ3n) is 4.62. The molecular weight excluding hydrogens is 312 g/mol. The first kappa shape index (κ1) is 14.6. The maximum absolute atomic E-state index is 11.9. The van der Waals surface area contributed by atoms with Crippen molar-refractivity contribution in [1.29, 1.82) is 0 Å². The number of rotatable bonds is 2. The molecule has 1 N–H and O–H groups in total. The lowest BCUT2D eigenvalue weighted by Crippen LogP contribution is -2.38. The Hall–Kier alpha value is -1.99. The van der Waals surface area contributed by atoms with E-state index in [1.165, 1.54) is 11.8 Å². The maximum atomic E-state index is 11.9. The Balaban J connectivity index is 1.86. The second kappa shape index (κ2) is 5.28. The highest BCUT2D eigenvalue weighted by Gasteiger charge is 2.28. The largest absolute Gasteiger partial charge is 0.360 e. The highest BCUT2D eigenvalue weighted by atomic mass is 32.2. The van der Waals surface area contributed by atoms with Crippen molar-refractivity contribution < 1.29 is 8.42 Å². The van der Waals surface area contributed by atoms with Gasteiger partial charge in [0.25, 0.3) is 0 Å². The number of nitrogens with one attached hydrogen (secondary N) is 1. The molecule has 1 atom stereocenters. The molecule has 0 aliphatic carbocycles. The molecule has 7 heteroatoms. The number of aromatic nitrogens is 3. The van der Waals surface area contributed by atoms with Gasteiger partial charge in [-0.25, -0.2) is 22.7 Å². The lowest BCUT2D eigenvalue weighted by atomic mass is 9.89. The van der Waals surface area contributed by atoms with Gasteiger partial charge in [-0.1, -0.05) is 0 Å². The molecule has 0 bridgehead atoms. The number of piperidine rings is 1. The van der Waals surface area contributed by atoms with Gasteiger partial charge in [-0.15, -0.1) is 0 Å². The van der Waals surface area contributed by atoms with Crippen LogP contribution in [0.2, 0.25) is 0 Å². The van der Waals surface area contributed by atoms with Gasteiger partial charge < -0.3 is 4.98 Å². The zero-order valence-electron chi connectivity index (χ0n) is 12.9. The summed E-state index contributed by atoms with van der Waals surface area (Å²) < 4.78 is 25.4. The van der Waals surface area contributed by atoms with Crippen LogP contribution in [0.4, 0.5) is 0 Å². The highest BCUT2D eigenvalue weighted by molar-refractivity contribution is 7.88. The Morgan fingerprint density at radius 3 is 3.00 bits per heavy atom. The third kappa shape index (κ3) is 2.49. The molecule has 3 aromatic rings. The summed E-state index contributed by atoms with van der Waals surface area (Å²) in [6.07, 6.45) is 8.62. The predicted molar refractivity (Wildman–Crippen MR) is 89.8 cm³/mol. The summed E-state index contributed by atoms with van der Waals surface area (Å²) >= 11 is 0. The Labute approximate surface area is 134 Å². The van der Waals surface area contributed by atoms with E-state index in [9.17, 15) is 8.42 Å². The summed E-state index contributed by atoms with van der Waals surface area (Å²) in [6, 6.07) is 4.03. The monoisotopic (exact) mass is 330 g/mol. The summed E-state index contributed by atoms with van der Waals surface area (Å²) in [5.74, 6) is 0.191. The summed E-state index contributed by atoms with van der Waals surface area (Å²) in [7, 11) is -3.15. The molecule has 3 aromatic heterocycles. The van der Waals surface area contributed by atoms with Crippen LogP contribution in [0.15, 0.2) is 30.7 Å². The molecule has 1 fully saturated rings. The summed E-state index contributed by atoms with van der Waals surface area (Å²) in [5.41, 5.74) is 2.86. The SMILES string of the molecule is CS(=O)(=O)N1CCC[C@@H](c2cc[nH]c3cnc4nccc4c23)C1. The number of hydrogen-bond donors (Lipinski definition) is 1. The average Bonchev–Trinajstić information content (AvgIpc) is 3.02. The molecule has 0 amide bonds. The van der Waals surface area contributed by atoms with Crippen LogP contribution >= 0.6 is 0 Å². The third-order valence-corrected chi connectivity index (χ3v) is 5.89. The van der Waals surface area contributed by atoms with Gasteiger partial charge in [0.05, 0.1) is 18.0 Å². The second-order valence-corrected chi connectivity index (χ2v) is 8.10. The van der Waals surface area contributed by atoms with Crippen LogP contribution in [0.5, 0.6) is 0 Å². The number of H-pyrrole nitrogens is 1. The molecular formula is C16H18N4O2S. The first-order valence-electron chi connectivity index (χ1n) is 7.70. The van der Waals surface area contributed by atoms with Crippen LogP contribution in [0, 0.1) is 0 Å². The van der Waals surface area contributed by atoms with Crippen molar-refractivity contribution in [1.82, 2.24) is 19.3 Å².